The zero-order chi connectivity index (χ0) is 14.5. The van der Waals surface area contributed by atoms with Gasteiger partial charge in [-0.15, -0.1) is 0 Å². The van der Waals surface area contributed by atoms with E-state index in [-0.39, 0.29) is 6.61 Å². The zero-order valence-corrected chi connectivity index (χ0v) is 14.1. The molecule has 0 aliphatic carbocycles. The molecule has 0 aliphatic heterocycles. The van der Waals surface area contributed by atoms with Gasteiger partial charge in [-0.05, 0) is 77.5 Å². The Labute approximate surface area is 134 Å². The van der Waals surface area contributed by atoms with Crippen LogP contribution >= 0.6 is 22.6 Å². The molecule has 20 heavy (non-hydrogen) atoms. The van der Waals surface area contributed by atoms with Crippen molar-refractivity contribution in [2.24, 2.45) is 0 Å². The lowest BCUT2D eigenvalue weighted by molar-refractivity contribution is 0.280. The van der Waals surface area contributed by atoms with Gasteiger partial charge in [-0.2, -0.15) is 0 Å². The van der Waals surface area contributed by atoms with Crippen molar-refractivity contribution < 1.29 is 5.11 Å². The van der Waals surface area contributed by atoms with E-state index >= 15 is 0 Å². The van der Waals surface area contributed by atoms with E-state index in [2.05, 4.69) is 84.1 Å². The summed E-state index contributed by atoms with van der Waals surface area (Å²) in [5, 5.41) is 9.52. The fourth-order valence-electron chi connectivity index (χ4n) is 2.34. The summed E-state index contributed by atoms with van der Waals surface area (Å²) >= 11 is 2.28. The second-order valence-electron chi connectivity index (χ2n) is 5.25. The highest BCUT2D eigenvalue weighted by molar-refractivity contribution is 14.1. The van der Waals surface area contributed by atoms with Crippen LogP contribution in [0, 0.1) is 3.57 Å². The lowest BCUT2D eigenvalue weighted by atomic mass is 9.96. The first-order valence-corrected chi connectivity index (χ1v) is 7.77. The molecule has 2 aromatic rings. The van der Waals surface area contributed by atoms with E-state index in [4.69, 9.17) is 0 Å². The highest BCUT2D eigenvalue weighted by Crippen LogP contribution is 2.20. The Morgan fingerprint density at radius 3 is 2.25 bits per heavy atom. The first kappa shape index (κ1) is 15.5. The summed E-state index contributed by atoms with van der Waals surface area (Å²) in [5.41, 5.74) is 4.91. The number of rotatable bonds is 5. The van der Waals surface area contributed by atoms with E-state index in [1.807, 2.05) is 0 Å². The van der Waals surface area contributed by atoms with Crippen LogP contribution in [-0.2, 0) is 19.6 Å². The van der Waals surface area contributed by atoms with Gasteiger partial charge >= 0.3 is 0 Å². The van der Waals surface area contributed by atoms with Gasteiger partial charge in [0.1, 0.15) is 0 Å². The first-order chi connectivity index (χ1) is 9.60. The molecule has 0 amide bonds. The monoisotopic (exact) mass is 381 g/mol. The Hall–Kier alpha value is -0.910. The van der Waals surface area contributed by atoms with Crippen LogP contribution in [0.3, 0.4) is 0 Å². The molecule has 0 aromatic heterocycles. The van der Waals surface area contributed by atoms with E-state index in [1.165, 1.54) is 16.7 Å². The van der Waals surface area contributed by atoms with Crippen molar-refractivity contribution in [1.29, 1.82) is 0 Å². The molecule has 0 fully saturated rings. The summed E-state index contributed by atoms with van der Waals surface area (Å²) in [6.45, 7) is 1.04. The first-order valence-electron chi connectivity index (χ1n) is 6.70. The standard InChI is InChI=1S/C17H20INO/c1-19(2)11-15-6-4-3-5-13(15)9-14-7-8-17(18)10-16(14)12-20/h3-8,10,20H,9,11-12H2,1-2H3. The third-order valence-electron chi connectivity index (χ3n) is 3.32. The van der Waals surface area contributed by atoms with Gasteiger partial charge in [0.2, 0.25) is 0 Å². The Morgan fingerprint density at radius 2 is 1.60 bits per heavy atom. The van der Waals surface area contributed by atoms with Crippen molar-refractivity contribution in [3.8, 4) is 0 Å². The molecule has 0 bridgehead atoms. The summed E-state index contributed by atoms with van der Waals surface area (Å²) in [6, 6.07) is 14.8. The minimum Gasteiger partial charge on any atom is -0.392 e. The molecule has 1 N–H and O–H groups in total. The van der Waals surface area contributed by atoms with Crippen LogP contribution in [0.1, 0.15) is 22.3 Å². The predicted molar refractivity (Wildman–Crippen MR) is 91.7 cm³/mol. The van der Waals surface area contributed by atoms with Gasteiger partial charge in [0.05, 0.1) is 6.61 Å². The van der Waals surface area contributed by atoms with Gasteiger partial charge < -0.3 is 10.0 Å². The maximum atomic E-state index is 9.52. The molecule has 3 heteroatoms. The molecule has 0 heterocycles. The fourth-order valence-corrected chi connectivity index (χ4v) is 2.90. The van der Waals surface area contributed by atoms with Crippen LogP contribution in [-0.4, -0.2) is 24.1 Å². The number of aliphatic hydroxyl groups excluding tert-OH is 1. The molecule has 0 unspecified atom stereocenters. The number of benzene rings is 2. The Morgan fingerprint density at radius 1 is 0.950 bits per heavy atom. The van der Waals surface area contributed by atoms with Crippen molar-refractivity contribution in [2.75, 3.05) is 14.1 Å². The highest BCUT2D eigenvalue weighted by atomic mass is 127. The zero-order valence-electron chi connectivity index (χ0n) is 11.9. The van der Waals surface area contributed by atoms with Crippen molar-refractivity contribution >= 4 is 22.6 Å². The maximum absolute atomic E-state index is 9.52. The van der Waals surface area contributed by atoms with Gasteiger partial charge in [0.25, 0.3) is 0 Å². The molecule has 2 nitrogen and oxygen atoms in total. The maximum Gasteiger partial charge on any atom is 0.0685 e. The third kappa shape index (κ3) is 4.04. The van der Waals surface area contributed by atoms with E-state index < -0.39 is 0 Å². The third-order valence-corrected chi connectivity index (χ3v) is 4.00. The van der Waals surface area contributed by atoms with Crippen molar-refractivity contribution in [3.63, 3.8) is 0 Å². The van der Waals surface area contributed by atoms with Gasteiger partial charge in [0, 0.05) is 10.1 Å². The highest BCUT2D eigenvalue weighted by Gasteiger charge is 2.08. The lowest BCUT2D eigenvalue weighted by Gasteiger charge is -2.15. The van der Waals surface area contributed by atoms with E-state index in [9.17, 15) is 5.11 Å². The predicted octanol–water partition coefficient (Wildman–Crippen LogP) is 3.44. The average molecular weight is 381 g/mol. The molecular formula is C17H20INO. The molecular weight excluding hydrogens is 361 g/mol. The number of hydrogen-bond donors (Lipinski definition) is 1. The van der Waals surface area contributed by atoms with Crippen molar-refractivity contribution in [2.45, 2.75) is 19.6 Å². The Balaban J connectivity index is 2.30. The van der Waals surface area contributed by atoms with Crippen molar-refractivity contribution in [1.82, 2.24) is 4.90 Å². The Bertz CT molecular complexity index is 581. The van der Waals surface area contributed by atoms with E-state index in [1.54, 1.807) is 0 Å². The second-order valence-corrected chi connectivity index (χ2v) is 6.50. The van der Waals surface area contributed by atoms with Crippen LogP contribution in [0.25, 0.3) is 0 Å². The molecule has 0 saturated heterocycles. The molecule has 0 spiro atoms. The van der Waals surface area contributed by atoms with Crippen LogP contribution in [0.4, 0.5) is 0 Å². The summed E-state index contributed by atoms with van der Waals surface area (Å²) in [5.74, 6) is 0. The van der Waals surface area contributed by atoms with Crippen LogP contribution < -0.4 is 0 Å². The fraction of sp³-hybridized carbons (Fsp3) is 0.294. The molecule has 0 radical (unpaired) electrons. The van der Waals surface area contributed by atoms with E-state index in [0.717, 1.165) is 22.1 Å². The second kappa shape index (κ2) is 7.20. The van der Waals surface area contributed by atoms with Crippen molar-refractivity contribution in [3.05, 3.63) is 68.3 Å². The Kier molecular flexibility index (Phi) is 5.57. The van der Waals surface area contributed by atoms with Crippen LogP contribution in [0.2, 0.25) is 0 Å². The SMILES string of the molecule is CN(C)Cc1ccccc1Cc1ccc(I)cc1CO. The lowest BCUT2D eigenvalue weighted by Crippen LogP contribution is -2.12. The normalized spacial score (nSPS) is 11.1. The summed E-state index contributed by atoms with van der Waals surface area (Å²) < 4.78 is 1.16. The molecule has 0 atom stereocenters. The van der Waals surface area contributed by atoms with Gasteiger partial charge in [-0.25, -0.2) is 0 Å². The minimum atomic E-state index is 0.0992. The quantitative estimate of drug-likeness (QED) is 0.803. The summed E-state index contributed by atoms with van der Waals surface area (Å²) in [4.78, 5) is 2.18. The van der Waals surface area contributed by atoms with E-state index in [0.29, 0.717) is 0 Å². The number of aliphatic hydroxyl groups is 1. The summed E-state index contributed by atoms with van der Waals surface area (Å²) in [7, 11) is 4.17. The van der Waals surface area contributed by atoms with Crippen LogP contribution in [0.15, 0.2) is 42.5 Å². The average Bonchev–Trinajstić information content (AvgIpc) is 2.42. The molecule has 2 rings (SSSR count). The molecule has 0 saturated carbocycles. The van der Waals surface area contributed by atoms with Gasteiger partial charge in [-0.3, -0.25) is 0 Å². The number of hydrogen-bond acceptors (Lipinski definition) is 2. The molecule has 2 aromatic carbocycles. The largest absolute Gasteiger partial charge is 0.392 e. The number of halogens is 1. The smallest absolute Gasteiger partial charge is 0.0685 e. The van der Waals surface area contributed by atoms with Gasteiger partial charge in [-0.1, -0.05) is 30.3 Å². The topological polar surface area (TPSA) is 23.5 Å². The minimum absolute atomic E-state index is 0.0992. The van der Waals surface area contributed by atoms with Crippen LogP contribution in [0.5, 0.6) is 0 Å². The summed E-state index contributed by atoms with van der Waals surface area (Å²) in [6.07, 6.45) is 0.872. The van der Waals surface area contributed by atoms with Gasteiger partial charge in [0.15, 0.2) is 0 Å². The molecule has 0 aliphatic rings. The molecule has 106 valence electrons. The number of nitrogens with zero attached hydrogens (tertiary/aromatic N) is 1.